The van der Waals surface area contributed by atoms with Crippen molar-refractivity contribution in [2.45, 2.75) is 77.2 Å². The van der Waals surface area contributed by atoms with Gasteiger partial charge in [0, 0.05) is 6.04 Å². The Labute approximate surface area is 108 Å². The van der Waals surface area contributed by atoms with E-state index in [2.05, 4.69) is 24.9 Å². The monoisotopic (exact) mass is 237 g/mol. The van der Waals surface area contributed by atoms with Crippen LogP contribution in [0.15, 0.2) is 12.7 Å². The number of nitrogens with one attached hydrogen (secondary N) is 1. The van der Waals surface area contributed by atoms with Crippen molar-refractivity contribution < 1.29 is 0 Å². The van der Waals surface area contributed by atoms with E-state index in [9.17, 15) is 0 Å². The third kappa shape index (κ3) is 6.88. The molecule has 100 valence electrons. The second-order valence-corrected chi connectivity index (χ2v) is 5.57. The van der Waals surface area contributed by atoms with E-state index in [1.165, 1.54) is 64.2 Å². The van der Waals surface area contributed by atoms with E-state index in [4.69, 9.17) is 0 Å². The van der Waals surface area contributed by atoms with E-state index in [0.717, 1.165) is 18.5 Å². The maximum absolute atomic E-state index is 3.81. The van der Waals surface area contributed by atoms with Gasteiger partial charge in [0.2, 0.25) is 0 Å². The minimum atomic E-state index is 0.753. The lowest BCUT2D eigenvalue weighted by Gasteiger charge is -2.23. The van der Waals surface area contributed by atoms with Gasteiger partial charge in [0.1, 0.15) is 0 Å². The molecular weight excluding hydrogens is 206 g/mol. The Morgan fingerprint density at radius 3 is 2.53 bits per heavy atom. The standard InChI is InChI=1S/C16H31N/c1-3-5-8-13-16(17-4-2)14-15-11-9-6-7-10-12-15/h3,15-17H,1,4-14H2,2H3. The van der Waals surface area contributed by atoms with Crippen LogP contribution in [0.4, 0.5) is 0 Å². The number of hydrogen-bond acceptors (Lipinski definition) is 1. The van der Waals surface area contributed by atoms with Crippen LogP contribution in [-0.4, -0.2) is 12.6 Å². The molecule has 0 spiro atoms. The SMILES string of the molecule is C=CCCCC(CC1CCCCCC1)NCC. The highest BCUT2D eigenvalue weighted by Gasteiger charge is 2.17. The van der Waals surface area contributed by atoms with Crippen molar-refractivity contribution in [2.75, 3.05) is 6.54 Å². The molecular formula is C16H31N. The molecule has 1 nitrogen and oxygen atoms in total. The topological polar surface area (TPSA) is 12.0 Å². The molecule has 0 aromatic rings. The first-order chi connectivity index (χ1) is 8.36. The highest BCUT2D eigenvalue weighted by atomic mass is 14.9. The minimum Gasteiger partial charge on any atom is -0.314 e. The highest BCUT2D eigenvalue weighted by Crippen LogP contribution is 2.27. The average Bonchev–Trinajstić information content (AvgIpc) is 2.58. The quantitative estimate of drug-likeness (QED) is 0.367. The predicted octanol–water partition coefficient (Wildman–Crippen LogP) is 4.68. The van der Waals surface area contributed by atoms with Gasteiger partial charge >= 0.3 is 0 Å². The summed E-state index contributed by atoms with van der Waals surface area (Å²) < 4.78 is 0. The fourth-order valence-electron chi connectivity index (χ4n) is 3.10. The van der Waals surface area contributed by atoms with Crippen LogP contribution in [0.1, 0.15) is 71.1 Å². The van der Waals surface area contributed by atoms with E-state index < -0.39 is 0 Å². The Morgan fingerprint density at radius 2 is 1.94 bits per heavy atom. The Morgan fingerprint density at radius 1 is 1.24 bits per heavy atom. The molecule has 0 radical (unpaired) electrons. The second kappa shape index (κ2) is 9.70. The first-order valence-corrected chi connectivity index (χ1v) is 7.71. The normalized spacial score (nSPS) is 19.8. The lowest BCUT2D eigenvalue weighted by atomic mass is 9.90. The molecule has 0 amide bonds. The molecule has 1 fully saturated rings. The molecule has 17 heavy (non-hydrogen) atoms. The Bertz CT molecular complexity index is 180. The van der Waals surface area contributed by atoms with Crippen molar-refractivity contribution in [1.29, 1.82) is 0 Å². The van der Waals surface area contributed by atoms with Gasteiger partial charge in [-0.1, -0.05) is 51.5 Å². The zero-order valence-corrected chi connectivity index (χ0v) is 11.7. The van der Waals surface area contributed by atoms with Gasteiger partial charge in [0.25, 0.3) is 0 Å². The summed E-state index contributed by atoms with van der Waals surface area (Å²) in [6.07, 6.45) is 16.1. The first-order valence-electron chi connectivity index (χ1n) is 7.71. The lowest BCUT2D eigenvalue weighted by Crippen LogP contribution is -2.31. The summed E-state index contributed by atoms with van der Waals surface area (Å²) in [4.78, 5) is 0. The molecule has 1 aliphatic rings. The Hall–Kier alpha value is -0.300. The molecule has 1 rings (SSSR count). The summed E-state index contributed by atoms with van der Waals surface area (Å²) in [5.41, 5.74) is 0. The maximum atomic E-state index is 3.81. The molecule has 0 saturated heterocycles. The lowest BCUT2D eigenvalue weighted by molar-refractivity contribution is 0.339. The molecule has 1 aliphatic carbocycles. The second-order valence-electron chi connectivity index (χ2n) is 5.57. The molecule has 0 aromatic carbocycles. The third-order valence-corrected chi connectivity index (χ3v) is 4.05. The molecule has 0 heterocycles. The molecule has 0 aromatic heterocycles. The summed E-state index contributed by atoms with van der Waals surface area (Å²) in [6, 6.07) is 0.753. The van der Waals surface area contributed by atoms with E-state index in [1.807, 2.05) is 0 Å². The third-order valence-electron chi connectivity index (χ3n) is 4.05. The molecule has 0 aliphatic heterocycles. The van der Waals surface area contributed by atoms with Crippen molar-refractivity contribution in [3.8, 4) is 0 Å². The summed E-state index contributed by atoms with van der Waals surface area (Å²) in [7, 11) is 0. The average molecular weight is 237 g/mol. The van der Waals surface area contributed by atoms with Gasteiger partial charge in [-0.3, -0.25) is 0 Å². The molecule has 1 heteroatoms. The summed E-state index contributed by atoms with van der Waals surface area (Å²) in [6.45, 7) is 7.16. The summed E-state index contributed by atoms with van der Waals surface area (Å²) in [5, 5.41) is 3.67. The minimum absolute atomic E-state index is 0.753. The number of unbranched alkanes of at least 4 members (excludes halogenated alkanes) is 1. The van der Waals surface area contributed by atoms with Crippen LogP contribution in [0, 0.1) is 5.92 Å². The van der Waals surface area contributed by atoms with Crippen molar-refractivity contribution in [2.24, 2.45) is 5.92 Å². The number of hydrogen-bond donors (Lipinski definition) is 1. The van der Waals surface area contributed by atoms with Gasteiger partial charge in [-0.25, -0.2) is 0 Å². The summed E-state index contributed by atoms with van der Waals surface area (Å²) in [5.74, 6) is 0.991. The number of rotatable bonds is 8. The molecule has 1 unspecified atom stereocenters. The largest absolute Gasteiger partial charge is 0.314 e. The Balaban J connectivity index is 2.27. The van der Waals surface area contributed by atoms with Crippen LogP contribution in [-0.2, 0) is 0 Å². The van der Waals surface area contributed by atoms with Crippen LogP contribution in [0.2, 0.25) is 0 Å². The fraction of sp³-hybridized carbons (Fsp3) is 0.875. The van der Waals surface area contributed by atoms with E-state index >= 15 is 0 Å². The molecule has 1 N–H and O–H groups in total. The first kappa shape index (κ1) is 14.8. The number of allylic oxidation sites excluding steroid dienone is 1. The van der Waals surface area contributed by atoms with Crippen LogP contribution in [0.3, 0.4) is 0 Å². The van der Waals surface area contributed by atoms with Gasteiger partial charge in [-0.2, -0.15) is 0 Å². The van der Waals surface area contributed by atoms with Crippen LogP contribution >= 0.6 is 0 Å². The highest BCUT2D eigenvalue weighted by molar-refractivity contribution is 4.75. The maximum Gasteiger partial charge on any atom is 0.00696 e. The smallest absolute Gasteiger partial charge is 0.00696 e. The van der Waals surface area contributed by atoms with Crippen molar-refractivity contribution in [1.82, 2.24) is 5.32 Å². The van der Waals surface area contributed by atoms with Crippen LogP contribution in [0.25, 0.3) is 0 Å². The van der Waals surface area contributed by atoms with Crippen molar-refractivity contribution in [3.63, 3.8) is 0 Å². The molecule has 1 atom stereocenters. The van der Waals surface area contributed by atoms with E-state index in [1.54, 1.807) is 0 Å². The summed E-state index contributed by atoms with van der Waals surface area (Å²) >= 11 is 0. The molecule has 1 saturated carbocycles. The van der Waals surface area contributed by atoms with Gasteiger partial charge in [0.05, 0.1) is 0 Å². The van der Waals surface area contributed by atoms with Crippen LogP contribution < -0.4 is 5.32 Å². The van der Waals surface area contributed by atoms with Gasteiger partial charge < -0.3 is 5.32 Å². The van der Waals surface area contributed by atoms with Crippen molar-refractivity contribution in [3.05, 3.63) is 12.7 Å². The fourth-order valence-corrected chi connectivity index (χ4v) is 3.10. The Kier molecular flexibility index (Phi) is 8.42. The zero-order valence-electron chi connectivity index (χ0n) is 11.7. The van der Waals surface area contributed by atoms with E-state index in [0.29, 0.717) is 0 Å². The van der Waals surface area contributed by atoms with Gasteiger partial charge in [0.15, 0.2) is 0 Å². The predicted molar refractivity (Wildman–Crippen MR) is 77.3 cm³/mol. The van der Waals surface area contributed by atoms with Crippen LogP contribution in [0.5, 0.6) is 0 Å². The molecule has 0 bridgehead atoms. The van der Waals surface area contributed by atoms with Gasteiger partial charge in [-0.05, 0) is 38.1 Å². The zero-order chi connectivity index (χ0) is 12.3. The van der Waals surface area contributed by atoms with Gasteiger partial charge in [-0.15, -0.1) is 6.58 Å². The van der Waals surface area contributed by atoms with Crippen molar-refractivity contribution >= 4 is 0 Å². The van der Waals surface area contributed by atoms with E-state index in [-0.39, 0.29) is 0 Å².